The van der Waals surface area contributed by atoms with E-state index in [1.165, 1.54) is 11.1 Å². The van der Waals surface area contributed by atoms with Gasteiger partial charge in [0, 0.05) is 0 Å². The fourth-order valence-corrected chi connectivity index (χ4v) is 3.15. The van der Waals surface area contributed by atoms with Crippen LogP contribution >= 0.6 is 0 Å². The summed E-state index contributed by atoms with van der Waals surface area (Å²) in [6.07, 6.45) is 3.20. The van der Waals surface area contributed by atoms with E-state index in [9.17, 15) is 4.79 Å². The predicted octanol–water partition coefficient (Wildman–Crippen LogP) is 3.88. The summed E-state index contributed by atoms with van der Waals surface area (Å²) in [6.45, 7) is 4.07. The molecule has 1 atom stereocenters. The van der Waals surface area contributed by atoms with E-state index < -0.39 is 0 Å². The van der Waals surface area contributed by atoms with E-state index in [0.717, 1.165) is 36.1 Å². The first-order valence-electron chi connectivity index (χ1n) is 8.21. The van der Waals surface area contributed by atoms with Gasteiger partial charge in [0.25, 0.3) is 5.91 Å². The summed E-state index contributed by atoms with van der Waals surface area (Å²) in [4.78, 5) is 12.3. The van der Waals surface area contributed by atoms with E-state index in [1.807, 2.05) is 38.1 Å². The van der Waals surface area contributed by atoms with Crippen LogP contribution in [0.2, 0.25) is 0 Å². The van der Waals surface area contributed by atoms with Gasteiger partial charge in [0.15, 0.2) is 6.61 Å². The van der Waals surface area contributed by atoms with Crippen LogP contribution < -0.4 is 10.1 Å². The summed E-state index contributed by atoms with van der Waals surface area (Å²) in [7, 11) is 0. The number of amides is 1. The van der Waals surface area contributed by atoms with Gasteiger partial charge in [-0.15, -0.1) is 0 Å². The summed E-state index contributed by atoms with van der Waals surface area (Å²) in [6, 6.07) is 14.5. The molecule has 0 radical (unpaired) electrons. The molecular formula is C20H23NO2. The van der Waals surface area contributed by atoms with Crippen molar-refractivity contribution in [3.05, 3.63) is 64.7 Å². The molecule has 0 spiro atoms. The van der Waals surface area contributed by atoms with Gasteiger partial charge >= 0.3 is 0 Å². The van der Waals surface area contributed by atoms with Crippen LogP contribution in [0.5, 0.6) is 5.75 Å². The fourth-order valence-electron chi connectivity index (χ4n) is 3.15. The van der Waals surface area contributed by atoms with Crippen LogP contribution in [0.4, 0.5) is 0 Å². The lowest BCUT2D eigenvalue weighted by Gasteiger charge is -2.26. The van der Waals surface area contributed by atoms with Gasteiger partial charge in [-0.25, -0.2) is 0 Å². The van der Waals surface area contributed by atoms with Gasteiger partial charge in [-0.1, -0.05) is 36.4 Å². The molecule has 0 heterocycles. The van der Waals surface area contributed by atoms with Gasteiger partial charge in [-0.2, -0.15) is 0 Å². The molecule has 0 aliphatic heterocycles. The summed E-state index contributed by atoms with van der Waals surface area (Å²) in [5.41, 5.74) is 4.77. The number of aryl methyl sites for hydroxylation is 3. The van der Waals surface area contributed by atoms with Gasteiger partial charge in [-0.05, 0) is 61.4 Å². The Morgan fingerprint density at radius 3 is 2.91 bits per heavy atom. The van der Waals surface area contributed by atoms with E-state index >= 15 is 0 Å². The predicted molar refractivity (Wildman–Crippen MR) is 91.7 cm³/mol. The maximum Gasteiger partial charge on any atom is 0.258 e. The molecule has 0 aromatic heterocycles. The first-order chi connectivity index (χ1) is 11.1. The van der Waals surface area contributed by atoms with Crippen LogP contribution in [0.25, 0.3) is 0 Å². The first kappa shape index (κ1) is 15.6. The van der Waals surface area contributed by atoms with Gasteiger partial charge in [0.1, 0.15) is 5.75 Å². The molecule has 0 saturated carbocycles. The molecule has 3 rings (SSSR count). The number of carbonyl (C=O) groups excluding carboxylic acids is 1. The molecule has 0 saturated heterocycles. The zero-order chi connectivity index (χ0) is 16.2. The molecule has 2 aromatic rings. The van der Waals surface area contributed by atoms with Crippen LogP contribution in [0.3, 0.4) is 0 Å². The van der Waals surface area contributed by atoms with Gasteiger partial charge in [0.05, 0.1) is 6.04 Å². The van der Waals surface area contributed by atoms with Crippen molar-refractivity contribution >= 4 is 5.91 Å². The number of benzene rings is 2. The van der Waals surface area contributed by atoms with Crippen LogP contribution in [-0.4, -0.2) is 12.5 Å². The third-order valence-electron chi connectivity index (χ3n) is 4.41. The molecule has 2 aromatic carbocycles. The third kappa shape index (κ3) is 3.73. The van der Waals surface area contributed by atoms with E-state index in [2.05, 4.69) is 23.5 Å². The van der Waals surface area contributed by atoms with Gasteiger partial charge in [-0.3, -0.25) is 4.79 Å². The maximum absolute atomic E-state index is 12.3. The highest BCUT2D eigenvalue weighted by molar-refractivity contribution is 5.78. The summed E-state index contributed by atoms with van der Waals surface area (Å²) in [5, 5.41) is 3.12. The summed E-state index contributed by atoms with van der Waals surface area (Å²) >= 11 is 0. The molecule has 1 aliphatic rings. The van der Waals surface area contributed by atoms with Crippen molar-refractivity contribution in [1.82, 2.24) is 5.32 Å². The zero-order valence-corrected chi connectivity index (χ0v) is 13.8. The highest BCUT2D eigenvalue weighted by Gasteiger charge is 2.21. The summed E-state index contributed by atoms with van der Waals surface area (Å²) < 4.78 is 5.70. The maximum atomic E-state index is 12.3. The smallest absolute Gasteiger partial charge is 0.258 e. The number of hydrogen-bond donors (Lipinski definition) is 1. The number of ether oxygens (including phenoxy) is 1. The second-order valence-corrected chi connectivity index (χ2v) is 6.27. The fraction of sp³-hybridized carbons (Fsp3) is 0.350. The van der Waals surface area contributed by atoms with Gasteiger partial charge in [0.2, 0.25) is 0 Å². The van der Waals surface area contributed by atoms with Crippen molar-refractivity contribution in [1.29, 1.82) is 0 Å². The van der Waals surface area contributed by atoms with Gasteiger partial charge < -0.3 is 10.1 Å². The van der Waals surface area contributed by atoms with Crippen molar-refractivity contribution in [2.45, 2.75) is 39.2 Å². The number of rotatable bonds is 4. The molecule has 1 N–H and O–H groups in total. The Labute approximate surface area is 137 Å². The molecule has 120 valence electrons. The van der Waals surface area contributed by atoms with Crippen LogP contribution in [0.1, 0.15) is 41.1 Å². The van der Waals surface area contributed by atoms with E-state index in [0.29, 0.717) is 0 Å². The van der Waals surface area contributed by atoms with Crippen molar-refractivity contribution in [3.63, 3.8) is 0 Å². The van der Waals surface area contributed by atoms with E-state index in [1.54, 1.807) is 0 Å². The molecule has 0 fully saturated rings. The average molecular weight is 309 g/mol. The van der Waals surface area contributed by atoms with Crippen molar-refractivity contribution < 1.29 is 9.53 Å². The average Bonchev–Trinajstić information content (AvgIpc) is 2.56. The number of nitrogens with one attached hydrogen (secondary N) is 1. The Hall–Kier alpha value is -2.29. The third-order valence-corrected chi connectivity index (χ3v) is 4.41. The largest absolute Gasteiger partial charge is 0.483 e. The zero-order valence-electron chi connectivity index (χ0n) is 13.8. The number of carbonyl (C=O) groups is 1. The Morgan fingerprint density at radius 2 is 2.04 bits per heavy atom. The topological polar surface area (TPSA) is 38.3 Å². The highest BCUT2D eigenvalue weighted by Crippen LogP contribution is 2.29. The Morgan fingerprint density at radius 1 is 1.22 bits per heavy atom. The molecule has 1 amide bonds. The standard InChI is InChI=1S/C20H23NO2/c1-14-10-11-15(2)19(12-14)23-13-20(22)21-18-9-5-7-16-6-3-4-8-17(16)18/h3-4,6,8,10-12,18H,5,7,9,13H2,1-2H3,(H,21,22)/t18-/m1/s1. The van der Waals surface area contributed by atoms with Crippen molar-refractivity contribution in [3.8, 4) is 5.75 Å². The molecule has 3 nitrogen and oxygen atoms in total. The van der Waals surface area contributed by atoms with Crippen LogP contribution in [-0.2, 0) is 11.2 Å². The Balaban J connectivity index is 1.61. The quantitative estimate of drug-likeness (QED) is 0.931. The van der Waals surface area contributed by atoms with Crippen LogP contribution in [0.15, 0.2) is 42.5 Å². The lowest BCUT2D eigenvalue weighted by Crippen LogP contribution is -2.34. The lowest BCUT2D eigenvalue weighted by molar-refractivity contribution is -0.124. The SMILES string of the molecule is Cc1ccc(C)c(OCC(=O)N[C@@H]2CCCc3ccccc32)c1. The second-order valence-electron chi connectivity index (χ2n) is 6.27. The number of hydrogen-bond acceptors (Lipinski definition) is 2. The Kier molecular flexibility index (Phi) is 4.65. The second kappa shape index (κ2) is 6.86. The summed E-state index contributed by atoms with van der Waals surface area (Å²) in [5.74, 6) is 0.719. The highest BCUT2D eigenvalue weighted by atomic mass is 16.5. The molecule has 3 heteroatoms. The molecule has 1 aliphatic carbocycles. The molecular weight excluding hydrogens is 286 g/mol. The minimum Gasteiger partial charge on any atom is -0.483 e. The number of fused-ring (bicyclic) bond motifs is 1. The molecule has 0 unspecified atom stereocenters. The normalized spacial score (nSPS) is 16.5. The van der Waals surface area contributed by atoms with E-state index in [4.69, 9.17) is 4.74 Å². The minimum atomic E-state index is -0.0624. The molecule has 0 bridgehead atoms. The minimum absolute atomic E-state index is 0.0585. The van der Waals surface area contributed by atoms with Crippen molar-refractivity contribution in [2.75, 3.05) is 6.61 Å². The van der Waals surface area contributed by atoms with Crippen molar-refractivity contribution in [2.24, 2.45) is 0 Å². The van der Waals surface area contributed by atoms with Crippen LogP contribution in [0, 0.1) is 13.8 Å². The first-order valence-corrected chi connectivity index (χ1v) is 8.21. The molecule has 23 heavy (non-hydrogen) atoms. The van der Waals surface area contributed by atoms with E-state index in [-0.39, 0.29) is 18.6 Å². The lowest BCUT2D eigenvalue weighted by atomic mass is 9.88. The monoisotopic (exact) mass is 309 g/mol. The Bertz CT molecular complexity index is 709.